The smallest absolute Gasteiger partial charge is 0.233 e. The van der Waals surface area contributed by atoms with Gasteiger partial charge in [0.15, 0.2) is 11.0 Å². The van der Waals surface area contributed by atoms with Crippen molar-refractivity contribution in [1.29, 1.82) is 0 Å². The van der Waals surface area contributed by atoms with Crippen molar-refractivity contribution in [3.63, 3.8) is 0 Å². The molecule has 1 unspecified atom stereocenters. The van der Waals surface area contributed by atoms with Crippen LogP contribution in [-0.2, 0) is 17.9 Å². The third kappa shape index (κ3) is 4.49. The summed E-state index contributed by atoms with van der Waals surface area (Å²) in [5.74, 6) is 2.12. The first-order valence-electron chi connectivity index (χ1n) is 9.60. The number of thioether (sulfide) groups is 1. The van der Waals surface area contributed by atoms with E-state index in [0.717, 1.165) is 22.7 Å². The van der Waals surface area contributed by atoms with Gasteiger partial charge in [0.1, 0.15) is 11.5 Å². The van der Waals surface area contributed by atoms with Crippen LogP contribution in [0.15, 0.2) is 75.0 Å². The molecule has 0 aliphatic rings. The third-order valence-corrected chi connectivity index (χ3v) is 5.75. The van der Waals surface area contributed by atoms with Crippen molar-refractivity contribution in [1.82, 2.24) is 20.1 Å². The summed E-state index contributed by atoms with van der Waals surface area (Å²) in [7, 11) is 0. The van der Waals surface area contributed by atoms with Crippen LogP contribution < -0.4 is 5.32 Å². The van der Waals surface area contributed by atoms with Gasteiger partial charge >= 0.3 is 0 Å². The first-order chi connectivity index (χ1) is 14.6. The van der Waals surface area contributed by atoms with Crippen LogP contribution in [-0.4, -0.2) is 25.9 Å². The molecule has 0 aliphatic heterocycles. The van der Waals surface area contributed by atoms with Gasteiger partial charge in [-0.15, -0.1) is 10.2 Å². The van der Waals surface area contributed by atoms with Crippen LogP contribution in [0.25, 0.3) is 11.4 Å². The molecular weight excluding hydrogens is 400 g/mol. The predicted molar refractivity (Wildman–Crippen MR) is 114 cm³/mol. The number of aryl methyl sites for hydroxylation is 1. The van der Waals surface area contributed by atoms with Gasteiger partial charge in [-0.3, -0.25) is 9.36 Å². The minimum atomic E-state index is -0.350. The van der Waals surface area contributed by atoms with Crippen LogP contribution in [0.5, 0.6) is 0 Å². The van der Waals surface area contributed by atoms with E-state index in [2.05, 4.69) is 27.6 Å². The van der Waals surface area contributed by atoms with Crippen molar-refractivity contribution in [3.05, 3.63) is 78.1 Å². The average Bonchev–Trinajstić information content (AvgIpc) is 3.50. The van der Waals surface area contributed by atoms with Gasteiger partial charge in [0, 0.05) is 0 Å². The first-order valence-corrected chi connectivity index (χ1v) is 10.5. The SMILES string of the molecule is Cc1occc1-c1nnc(SC(C)C(=O)NCc2ccco2)n1Cc1ccccc1. The van der Waals surface area contributed by atoms with Crippen molar-refractivity contribution in [3.8, 4) is 11.4 Å². The molecule has 7 nitrogen and oxygen atoms in total. The molecule has 0 aliphatic carbocycles. The number of aromatic nitrogens is 3. The van der Waals surface area contributed by atoms with Crippen LogP contribution in [0.1, 0.15) is 24.0 Å². The highest BCUT2D eigenvalue weighted by Crippen LogP contribution is 2.29. The van der Waals surface area contributed by atoms with E-state index in [-0.39, 0.29) is 11.2 Å². The number of nitrogens with one attached hydrogen (secondary N) is 1. The fraction of sp³-hybridized carbons (Fsp3) is 0.227. The summed E-state index contributed by atoms with van der Waals surface area (Å²) in [6.07, 6.45) is 3.23. The molecule has 1 N–H and O–H groups in total. The highest BCUT2D eigenvalue weighted by Gasteiger charge is 2.22. The third-order valence-electron chi connectivity index (χ3n) is 4.67. The number of rotatable bonds is 8. The number of benzene rings is 1. The van der Waals surface area contributed by atoms with Gasteiger partial charge in [-0.05, 0) is 37.6 Å². The zero-order chi connectivity index (χ0) is 20.9. The van der Waals surface area contributed by atoms with E-state index < -0.39 is 0 Å². The highest BCUT2D eigenvalue weighted by atomic mass is 32.2. The lowest BCUT2D eigenvalue weighted by atomic mass is 10.2. The van der Waals surface area contributed by atoms with Crippen molar-refractivity contribution in [2.75, 3.05) is 0 Å². The number of hydrogen-bond donors (Lipinski definition) is 1. The molecule has 0 saturated carbocycles. The second-order valence-corrected chi connectivity index (χ2v) is 8.13. The van der Waals surface area contributed by atoms with Gasteiger partial charge in [0.05, 0.1) is 36.4 Å². The first kappa shape index (κ1) is 20.0. The van der Waals surface area contributed by atoms with E-state index in [0.29, 0.717) is 24.0 Å². The van der Waals surface area contributed by atoms with Gasteiger partial charge in [-0.2, -0.15) is 0 Å². The van der Waals surface area contributed by atoms with Gasteiger partial charge in [0.25, 0.3) is 0 Å². The van der Waals surface area contributed by atoms with Crippen LogP contribution in [0, 0.1) is 6.92 Å². The quantitative estimate of drug-likeness (QED) is 0.427. The summed E-state index contributed by atoms with van der Waals surface area (Å²) in [6.45, 7) is 4.70. The maximum atomic E-state index is 12.6. The Bertz CT molecular complexity index is 1100. The average molecular weight is 423 g/mol. The topological polar surface area (TPSA) is 86.1 Å². The van der Waals surface area contributed by atoms with E-state index in [1.54, 1.807) is 18.6 Å². The van der Waals surface area contributed by atoms with E-state index in [1.165, 1.54) is 11.8 Å². The molecule has 8 heteroatoms. The van der Waals surface area contributed by atoms with Crippen molar-refractivity contribution >= 4 is 17.7 Å². The zero-order valence-corrected chi connectivity index (χ0v) is 17.6. The van der Waals surface area contributed by atoms with Crippen LogP contribution in [0.4, 0.5) is 0 Å². The largest absolute Gasteiger partial charge is 0.469 e. The highest BCUT2D eigenvalue weighted by molar-refractivity contribution is 8.00. The summed E-state index contributed by atoms with van der Waals surface area (Å²) < 4.78 is 12.7. The molecule has 1 atom stereocenters. The lowest BCUT2D eigenvalue weighted by Gasteiger charge is -2.13. The number of nitrogens with zero attached hydrogens (tertiary/aromatic N) is 3. The van der Waals surface area contributed by atoms with Crippen LogP contribution >= 0.6 is 11.8 Å². The molecule has 3 aromatic heterocycles. The van der Waals surface area contributed by atoms with E-state index in [1.807, 2.05) is 48.7 Å². The number of hydrogen-bond acceptors (Lipinski definition) is 6. The Labute approximate surface area is 178 Å². The summed E-state index contributed by atoms with van der Waals surface area (Å²) in [5.41, 5.74) is 2.01. The Kier molecular flexibility index (Phi) is 6.04. The molecule has 0 spiro atoms. The lowest BCUT2D eigenvalue weighted by molar-refractivity contribution is -0.120. The molecule has 0 saturated heterocycles. The second-order valence-electron chi connectivity index (χ2n) is 6.83. The summed E-state index contributed by atoms with van der Waals surface area (Å²) >= 11 is 1.37. The molecule has 4 aromatic rings. The molecule has 30 heavy (non-hydrogen) atoms. The molecule has 4 rings (SSSR count). The monoisotopic (exact) mass is 422 g/mol. The summed E-state index contributed by atoms with van der Waals surface area (Å²) in [5, 5.41) is 12.0. The Morgan fingerprint density at radius 1 is 1.10 bits per heavy atom. The van der Waals surface area contributed by atoms with Crippen molar-refractivity contribution in [2.24, 2.45) is 0 Å². The maximum absolute atomic E-state index is 12.6. The van der Waals surface area contributed by atoms with E-state index >= 15 is 0 Å². The van der Waals surface area contributed by atoms with Gasteiger partial charge in [0.2, 0.25) is 5.91 Å². The van der Waals surface area contributed by atoms with Gasteiger partial charge in [-0.1, -0.05) is 42.1 Å². The van der Waals surface area contributed by atoms with Crippen LogP contribution in [0.3, 0.4) is 0 Å². The maximum Gasteiger partial charge on any atom is 0.233 e. The lowest BCUT2D eigenvalue weighted by Crippen LogP contribution is -2.30. The molecule has 1 aromatic carbocycles. The molecule has 0 radical (unpaired) electrons. The minimum absolute atomic E-state index is 0.0910. The van der Waals surface area contributed by atoms with Crippen molar-refractivity contribution in [2.45, 2.75) is 37.3 Å². The molecule has 3 heterocycles. The molecule has 0 bridgehead atoms. The predicted octanol–water partition coefficient (Wildman–Crippen LogP) is 4.28. The number of carbonyl (C=O) groups is 1. The second kappa shape index (κ2) is 9.04. The molecule has 1 amide bonds. The minimum Gasteiger partial charge on any atom is -0.469 e. The van der Waals surface area contributed by atoms with Gasteiger partial charge < -0.3 is 14.2 Å². The zero-order valence-electron chi connectivity index (χ0n) is 16.7. The fourth-order valence-corrected chi connectivity index (χ4v) is 3.92. The van der Waals surface area contributed by atoms with Gasteiger partial charge in [-0.25, -0.2) is 0 Å². The number of furan rings is 2. The van der Waals surface area contributed by atoms with E-state index in [9.17, 15) is 4.79 Å². The Morgan fingerprint density at radius 2 is 1.93 bits per heavy atom. The Hall–Kier alpha value is -3.26. The van der Waals surface area contributed by atoms with Crippen molar-refractivity contribution < 1.29 is 13.6 Å². The fourth-order valence-electron chi connectivity index (χ4n) is 3.04. The molecule has 154 valence electrons. The standard InChI is InChI=1S/C22H22N4O3S/c1-15-19(10-12-28-15)20-24-25-22(26(20)14-17-7-4-3-5-8-17)30-16(2)21(27)23-13-18-9-6-11-29-18/h3-12,16H,13-14H2,1-2H3,(H,23,27). The summed E-state index contributed by atoms with van der Waals surface area (Å²) in [4.78, 5) is 12.6. The number of amides is 1. The normalized spacial score (nSPS) is 12.1. The van der Waals surface area contributed by atoms with E-state index in [4.69, 9.17) is 8.83 Å². The Morgan fingerprint density at radius 3 is 2.63 bits per heavy atom. The van der Waals surface area contributed by atoms with Crippen LogP contribution in [0.2, 0.25) is 0 Å². The summed E-state index contributed by atoms with van der Waals surface area (Å²) in [6, 6.07) is 15.6. The molecule has 0 fully saturated rings. The number of carbonyl (C=O) groups excluding carboxylic acids is 1. The Balaban J connectivity index is 1.55. The molecular formula is C22H22N4O3S.